The molecule has 0 aromatic carbocycles. The number of carbonyl (C=O) groups is 1. The van der Waals surface area contributed by atoms with Crippen molar-refractivity contribution in [1.82, 2.24) is 10.2 Å². The van der Waals surface area contributed by atoms with E-state index in [2.05, 4.69) is 10.2 Å². The number of piperidine rings is 1. The van der Waals surface area contributed by atoms with E-state index in [0.29, 0.717) is 12.1 Å². The molecule has 0 aromatic heterocycles. The number of carboxylic acid groups (broad SMARTS) is 1. The van der Waals surface area contributed by atoms with E-state index < -0.39 is 5.97 Å². The molecular formula is C14H24N2O2. The molecule has 2 aliphatic heterocycles. The van der Waals surface area contributed by atoms with Crippen LogP contribution in [0.5, 0.6) is 0 Å². The molecule has 3 unspecified atom stereocenters. The molecule has 0 aromatic rings. The van der Waals surface area contributed by atoms with Gasteiger partial charge in [0.2, 0.25) is 0 Å². The zero-order valence-corrected chi connectivity index (χ0v) is 11.0. The van der Waals surface area contributed by atoms with Crippen LogP contribution in [-0.4, -0.2) is 47.7 Å². The molecule has 2 saturated heterocycles. The first kappa shape index (κ1) is 12.4. The third kappa shape index (κ3) is 2.54. The Hall–Kier alpha value is -0.610. The van der Waals surface area contributed by atoms with Crippen LogP contribution in [0.2, 0.25) is 0 Å². The highest BCUT2D eigenvalue weighted by Gasteiger charge is 2.36. The van der Waals surface area contributed by atoms with Crippen LogP contribution < -0.4 is 5.32 Å². The molecule has 2 heterocycles. The summed E-state index contributed by atoms with van der Waals surface area (Å²) in [7, 11) is 0. The molecule has 1 saturated carbocycles. The van der Waals surface area contributed by atoms with Crippen LogP contribution in [0.4, 0.5) is 0 Å². The molecule has 2 bridgehead atoms. The Kier molecular flexibility index (Phi) is 3.57. The van der Waals surface area contributed by atoms with E-state index in [0.717, 1.165) is 31.6 Å². The highest BCUT2D eigenvalue weighted by molar-refractivity contribution is 5.70. The lowest BCUT2D eigenvalue weighted by atomic mass is 9.84. The SMILES string of the molecule is O=C(O)C1CCC(NC2CCN3CCC2C3)CC1. The van der Waals surface area contributed by atoms with E-state index >= 15 is 0 Å². The van der Waals surface area contributed by atoms with Crippen molar-refractivity contribution in [2.24, 2.45) is 11.8 Å². The number of hydrogen-bond acceptors (Lipinski definition) is 3. The first-order chi connectivity index (χ1) is 8.72. The molecule has 0 amide bonds. The molecule has 3 aliphatic rings. The fraction of sp³-hybridized carbons (Fsp3) is 0.929. The van der Waals surface area contributed by atoms with Crippen LogP contribution in [0.1, 0.15) is 38.5 Å². The Morgan fingerprint density at radius 1 is 1.06 bits per heavy atom. The van der Waals surface area contributed by atoms with Crippen molar-refractivity contribution in [1.29, 1.82) is 0 Å². The van der Waals surface area contributed by atoms with E-state index in [-0.39, 0.29) is 5.92 Å². The third-order valence-corrected chi connectivity index (χ3v) is 5.16. The second kappa shape index (κ2) is 5.17. The van der Waals surface area contributed by atoms with Gasteiger partial charge in [0, 0.05) is 18.6 Å². The second-order valence-electron chi connectivity index (χ2n) is 6.30. The van der Waals surface area contributed by atoms with E-state index in [1.807, 2.05) is 0 Å². The molecule has 2 N–H and O–H groups in total. The lowest BCUT2D eigenvalue weighted by molar-refractivity contribution is -0.142. The molecule has 0 radical (unpaired) electrons. The minimum atomic E-state index is -0.599. The topological polar surface area (TPSA) is 52.6 Å². The second-order valence-corrected chi connectivity index (χ2v) is 6.30. The van der Waals surface area contributed by atoms with Gasteiger partial charge in [-0.25, -0.2) is 0 Å². The highest BCUT2D eigenvalue weighted by atomic mass is 16.4. The number of nitrogens with one attached hydrogen (secondary N) is 1. The zero-order chi connectivity index (χ0) is 12.5. The Morgan fingerprint density at radius 2 is 1.78 bits per heavy atom. The third-order valence-electron chi connectivity index (χ3n) is 5.16. The minimum absolute atomic E-state index is 0.0867. The van der Waals surface area contributed by atoms with Crippen molar-refractivity contribution in [3.05, 3.63) is 0 Å². The van der Waals surface area contributed by atoms with E-state index in [1.54, 1.807) is 0 Å². The predicted octanol–water partition coefficient (Wildman–Crippen LogP) is 1.31. The average molecular weight is 252 g/mol. The lowest BCUT2D eigenvalue weighted by Gasteiger charge is -2.36. The molecule has 4 nitrogen and oxygen atoms in total. The van der Waals surface area contributed by atoms with E-state index in [9.17, 15) is 4.79 Å². The van der Waals surface area contributed by atoms with Crippen LogP contribution in [0.25, 0.3) is 0 Å². The van der Waals surface area contributed by atoms with E-state index in [1.165, 1.54) is 32.5 Å². The van der Waals surface area contributed by atoms with Gasteiger partial charge in [0.15, 0.2) is 0 Å². The van der Waals surface area contributed by atoms with Gasteiger partial charge in [0.1, 0.15) is 0 Å². The Balaban J connectivity index is 1.48. The summed E-state index contributed by atoms with van der Waals surface area (Å²) in [6.07, 6.45) is 6.44. The minimum Gasteiger partial charge on any atom is -0.481 e. The number of aliphatic carboxylic acids is 1. The smallest absolute Gasteiger partial charge is 0.306 e. The van der Waals surface area contributed by atoms with Gasteiger partial charge in [0.05, 0.1) is 5.92 Å². The molecule has 3 atom stereocenters. The molecule has 102 valence electrons. The molecule has 4 heteroatoms. The predicted molar refractivity (Wildman–Crippen MR) is 69.5 cm³/mol. The summed E-state index contributed by atoms with van der Waals surface area (Å²) in [6, 6.07) is 1.26. The van der Waals surface area contributed by atoms with Crippen molar-refractivity contribution in [3.8, 4) is 0 Å². The number of nitrogens with zero attached hydrogens (tertiary/aromatic N) is 1. The number of carboxylic acids is 1. The Morgan fingerprint density at radius 3 is 2.50 bits per heavy atom. The van der Waals surface area contributed by atoms with Crippen LogP contribution in [0.15, 0.2) is 0 Å². The van der Waals surface area contributed by atoms with Gasteiger partial charge in [0.25, 0.3) is 0 Å². The van der Waals surface area contributed by atoms with Crippen LogP contribution in [0, 0.1) is 11.8 Å². The normalized spacial score (nSPS) is 43.9. The maximum Gasteiger partial charge on any atom is 0.306 e. The van der Waals surface area contributed by atoms with Crippen LogP contribution in [0.3, 0.4) is 0 Å². The van der Waals surface area contributed by atoms with Gasteiger partial charge in [-0.1, -0.05) is 0 Å². The molecule has 3 rings (SSSR count). The van der Waals surface area contributed by atoms with Gasteiger partial charge in [-0.15, -0.1) is 0 Å². The van der Waals surface area contributed by atoms with Crippen molar-refractivity contribution in [3.63, 3.8) is 0 Å². The molecule has 1 aliphatic carbocycles. The van der Waals surface area contributed by atoms with Gasteiger partial charge in [-0.2, -0.15) is 0 Å². The number of hydrogen-bond donors (Lipinski definition) is 2. The fourth-order valence-electron chi connectivity index (χ4n) is 3.98. The zero-order valence-electron chi connectivity index (χ0n) is 11.0. The van der Waals surface area contributed by atoms with Crippen molar-refractivity contribution >= 4 is 5.97 Å². The molecule has 0 spiro atoms. The first-order valence-corrected chi connectivity index (χ1v) is 7.43. The van der Waals surface area contributed by atoms with Gasteiger partial charge in [-0.05, 0) is 57.5 Å². The van der Waals surface area contributed by atoms with Crippen molar-refractivity contribution < 1.29 is 9.90 Å². The molecule has 3 fully saturated rings. The summed E-state index contributed by atoms with van der Waals surface area (Å²) in [4.78, 5) is 13.5. The summed E-state index contributed by atoms with van der Waals surface area (Å²) in [6.45, 7) is 3.81. The monoisotopic (exact) mass is 252 g/mol. The highest BCUT2D eigenvalue weighted by Crippen LogP contribution is 2.30. The summed E-state index contributed by atoms with van der Waals surface area (Å²) in [5, 5.41) is 12.8. The summed E-state index contributed by atoms with van der Waals surface area (Å²) < 4.78 is 0. The Labute approximate surface area is 109 Å². The van der Waals surface area contributed by atoms with Crippen molar-refractivity contribution in [2.75, 3.05) is 19.6 Å². The van der Waals surface area contributed by atoms with Crippen LogP contribution in [-0.2, 0) is 4.79 Å². The quantitative estimate of drug-likeness (QED) is 0.795. The first-order valence-electron chi connectivity index (χ1n) is 7.43. The largest absolute Gasteiger partial charge is 0.481 e. The number of rotatable bonds is 3. The standard InChI is InChI=1S/C14H24N2O2/c17-14(18)10-1-3-12(4-2-10)15-13-6-8-16-7-5-11(13)9-16/h10-13,15H,1-9H2,(H,17,18). The molecule has 18 heavy (non-hydrogen) atoms. The van der Waals surface area contributed by atoms with Gasteiger partial charge < -0.3 is 15.3 Å². The van der Waals surface area contributed by atoms with Crippen molar-refractivity contribution in [2.45, 2.75) is 50.6 Å². The fourth-order valence-corrected chi connectivity index (χ4v) is 3.98. The van der Waals surface area contributed by atoms with Gasteiger partial charge in [-0.3, -0.25) is 4.79 Å². The number of fused-ring (bicyclic) bond motifs is 2. The summed E-state index contributed by atoms with van der Waals surface area (Å²) in [5.74, 6) is 0.157. The average Bonchev–Trinajstić information content (AvgIpc) is 2.76. The van der Waals surface area contributed by atoms with Gasteiger partial charge >= 0.3 is 5.97 Å². The Bertz CT molecular complexity index is 313. The maximum absolute atomic E-state index is 10.9. The maximum atomic E-state index is 10.9. The van der Waals surface area contributed by atoms with E-state index in [4.69, 9.17) is 5.11 Å². The lowest BCUT2D eigenvalue weighted by Crippen LogP contribution is -2.49. The van der Waals surface area contributed by atoms with Crippen LogP contribution >= 0.6 is 0 Å². The summed E-state index contributed by atoms with van der Waals surface area (Å²) in [5.41, 5.74) is 0. The molecular weight excluding hydrogens is 228 g/mol. The summed E-state index contributed by atoms with van der Waals surface area (Å²) >= 11 is 0.